The molecule has 0 radical (unpaired) electrons. The van der Waals surface area contributed by atoms with Crippen LogP contribution in [0.1, 0.15) is 13.8 Å². The highest BCUT2D eigenvalue weighted by atomic mass is 32.2. The van der Waals surface area contributed by atoms with Crippen molar-refractivity contribution in [2.45, 2.75) is 18.7 Å². The highest BCUT2D eigenvalue weighted by molar-refractivity contribution is 7.89. The number of nitrogens with one attached hydrogen (secondary N) is 2. The number of benzene rings is 2. The van der Waals surface area contributed by atoms with Gasteiger partial charge in [-0.3, -0.25) is 14.5 Å². The molecule has 2 N–H and O–H groups in total. The van der Waals surface area contributed by atoms with Crippen LogP contribution < -0.4 is 10.6 Å². The molecule has 0 aliphatic rings. The van der Waals surface area contributed by atoms with Gasteiger partial charge < -0.3 is 10.6 Å². The van der Waals surface area contributed by atoms with Gasteiger partial charge in [-0.2, -0.15) is 4.31 Å². The monoisotopic (exact) mass is 432 g/mol. The second-order valence-corrected chi connectivity index (χ2v) is 8.69. The minimum absolute atomic E-state index is 0.0186. The van der Waals surface area contributed by atoms with Gasteiger partial charge in [-0.15, -0.1) is 0 Å². The second-order valence-electron chi connectivity index (χ2n) is 6.75. The molecule has 0 saturated carbocycles. The molecule has 0 atom stereocenters. The number of carbonyl (C=O) groups is 2. The first kappa shape index (κ1) is 23.5. The van der Waals surface area contributed by atoms with E-state index in [1.54, 1.807) is 50.1 Å². The number of likely N-dealkylation sites (N-methyl/N-ethyl adjacent to an activating group) is 1. The standard InChI is InChI=1S/C21H28N4O4S/c1-4-25(5-2)30(28,29)19-13-9-12-18(14-19)23-21(27)16-24(3)15-20(26)22-17-10-7-6-8-11-17/h6-14H,4-5,15-16H2,1-3H3,(H,22,26)(H,23,27). The summed E-state index contributed by atoms with van der Waals surface area (Å²) in [5.41, 5.74) is 1.07. The maximum Gasteiger partial charge on any atom is 0.243 e. The SMILES string of the molecule is CCN(CC)S(=O)(=O)c1cccc(NC(=O)CN(C)CC(=O)Nc2ccccc2)c1. The topological polar surface area (TPSA) is 98.8 Å². The van der Waals surface area contributed by atoms with Crippen LogP contribution in [0.4, 0.5) is 11.4 Å². The summed E-state index contributed by atoms with van der Waals surface area (Å²) >= 11 is 0. The second kappa shape index (κ2) is 10.9. The summed E-state index contributed by atoms with van der Waals surface area (Å²) in [6.45, 7) is 4.30. The minimum Gasteiger partial charge on any atom is -0.325 e. The van der Waals surface area contributed by atoms with E-state index in [-0.39, 0.29) is 29.8 Å². The number of hydrogen-bond donors (Lipinski definition) is 2. The Morgan fingerprint density at radius 1 is 0.833 bits per heavy atom. The fraction of sp³-hybridized carbons (Fsp3) is 0.333. The molecule has 0 spiro atoms. The van der Waals surface area contributed by atoms with Crippen molar-refractivity contribution in [3.8, 4) is 0 Å². The summed E-state index contributed by atoms with van der Waals surface area (Å²) in [6.07, 6.45) is 0. The molecule has 0 aromatic heterocycles. The van der Waals surface area contributed by atoms with E-state index in [2.05, 4.69) is 10.6 Å². The number of anilines is 2. The third-order valence-corrected chi connectivity index (χ3v) is 6.39. The fourth-order valence-corrected chi connectivity index (χ4v) is 4.42. The van der Waals surface area contributed by atoms with E-state index in [0.717, 1.165) is 0 Å². The molecule has 2 rings (SSSR count). The zero-order valence-corrected chi connectivity index (χ0v) is 18.3. The largest absolute Gasteiger partial charge is 0.325 e. The molecule has 2 aromatic carbocycles. The van der Waals surface area contributed by atoms with E-state index < -0.39 is 10.0 Å². The number of hydrogen-bond acceptors (Lipinski definition) is 5. The molecule has 0 fully saturated rings. The van der Waals surface area contributed by atoms with E-state index in [4.69, 9.17) is 0 Å². The van der Waals surface area contributed by atoms with Gasteiger partial charge in [0.2, 0.25) is 21.8 Å². The summed E-state index contributed by atoms with van der Waals surface area (Å²) in [6, 6.07) is 15.2. The Hall–Kier alpha value is -2.75. The quantitative estimate of drug-likeness (QED) is 0.600. The van der Waals surface area contributed by atoms with Gasteiger partial charge in [0, 0.05) is 24.5 Å². The number of rotatable bonds is 10. The summed E-state index contributed by atoms with van der Waals surface area (Å²) < 4.78 is 26.6. The van der Waals surface area contributed by atoms with E-state index in [0.29, 0.717) is 24.5 Å². The summed E-state index contributed by atoms with van der Waals surface area (Å²) in [7, 11) is -1.95. The molecule has 0 aliphatic heterocycles. The summed E-state index contributed by atoms with van der Waals surface area (Å²) in [5.74, 6) is -0.578. The van der Waals surface area contributed by atoms with E-state index >= 15 is 0 Å². The zero-order chi connectivity index (χ0) is 22.1. The van der Waals surface area contributed by atoms with Crippen molar-refractivity contribution in [2.24, 2.45) is 0 Å². The van der Waals surface area contributed by atoms with Gasteiger partial charge in [-0.25, -0.2) is 8.42 Å². The van der Waals surface area contributed by atoms with Crippen LogP contribution in [0.25, 0.3) is 0 Å². The number of amides is 2. The van der Waals surface area contributed by atoms with Crippen LogP contribution in [0, 0.1) is 0 Å². The third-order valence-electron chi connectivity index (χ3n) is 4.35. The first-order valence-electron chi connectivity index (χ1n) is 9.69. The van der Waals surface area contributed by atoms with Crippen molar-refractivity contribution in [3.05, 3.63) is 54.6 Å². The van der Waals surface area contributed by atoms with Crippen LogP contribution in [-0.2, 0) is 19.6 Å². The van der Waals surface area contributed by atoms with Crippen LogP contribution in [0.3, 0.4) is 0 Å². The highest BCUT2D eigenvalue weighted by Gasteiger charge is 2.22. The van der Waals surface area contributed by atoms with Gasteiger partial charge in [0.1, 0.15) is 0 Å². The Morgan fingerprint density at radius 3 is 1.93 bits per heavy atom. The predicted molar refractivity (Wildman–Crippen MR) is 118 cm³/mol. The molecule has 0 unspecified atom stereocenters. The van der Waals surface area contributed by atoms with E-state index in [1.165, 1.54) is 16.4 Å². The Bertz CT molecular complexity index is 960. The molecule has 9 heteroatoms. The summed E-state index contributed by atoms with van der Waals surface area (Å²) in [4.78, 5) is 26.1. The molecule has 0 heterocycles. The van der Waals surface area contributed by atoms with Crippen LogP contribution in [0.2, 0.25) is 0 Å². The molecule has 0 bridgehead atoms. The van der Waals surface area contributed by atoms with E-state index in [1.807, 2.05) is 18.2 Å². The number of sulfonamides is 1. The summed E-state index contributed by atoms with van der Waals surface area (Å²) in [5, 5.41) is 5.45. The number of para-hydroxylation sites is 1. The smallest absolute Gasteiger partial charge is 0.243 e. The van der Waals surface area contributed by atoms with Crippen molar-refractivity contribution >= 4 is 33.2 Å². The molecule has 30 heavy (non-hydrogen) atoms. The van der Waals surface area contributed by atoms with E-state index in [9.17, 15) is 18.0 Å². The van der Waals surface area contributed by atoms with Gasteiger partial charge in [-0.1, -0.05) is 38.1 Å². The number of nitrogens with zero attached hydrogens (tertiary/aromatic N) is 2. The molecule has 2 amide bonds. The lowest BCUT2D eigenvalue weighted by atomic mass is 10.3. The van der Waals surface area contributed by atoms with Gasteiger partial charge >= 0.3 is 0 Å². The first-order valence-corrected chi connectivity index (χ1v) is 11.1. The minimum atomic E-state index is -3.61. The van der Waals surface area contributed by atoms with Crippen molar-refractivity contribution in [3.63, 3.8) is 0 Å². The number of carbonyl (C=O) groups excluding carboxylic acids is 2. The third kappa shape index (κ3) is 6.65. The molecular formula is C21H28N4O4S. The maximum absolute atomic E-state index is 12.6. The average molecular weight is 433 g/mol. The molecule has 0 saturated heterocycles. The van der Waals surface area contributed by atoms with Crippen LogP contribution in [0.5, 0.6) is 0 Å². The normalized spacial score (nSPS) is 11.5. The molecule has 162 valence electrons. The molecule has 2 aromatic rings. The lowest BCUT2D eigenvalue weighted by Crippen LogP contribution is -2.36. The Kier molecular flexibility index (Phi) is 8.52. The predicted octanol–water partition coefficient (Wildman–Crippen LogP) is 2.23. The van der Waals surface area contributed by atoms with Crippen LogP contribution in [0.15, 0.2) is 59.5 Å². The lowest BCUT2D eigenvalue weighted by molar-refractivity contribution is -0.119. The molecular weight excluding hydrogens is 404 g/mol. The van der Waals surface area contributed by atoms with Crippen molar-refractivity contribution in [1.82, 2.24) is 9.21 Å². The zero-order valence-electron chi connectivity index (χ0n) is 17.5. The Balaban J connectivity index is 1.94. The van der Waals surface area contributed by atoms with Crippen LogP contribution >= 0.6 is 0 Å². The van der Waals surface area contributed by atoms with Crippen molar-refractivity contribution in [1.29, 1.82) is 0 Å². The Labute approximate surface area is 177 Å². The Morgan fingerprint density at radius 2 is 1.37 bits per heavy atom. The van der Waals surface area contributed by atoms with Crippen molar-refractivity contribution < 1.29 is 18.0 Å². The first-order chi connectivity index (χ1) is 14.3. The van der Waals surface area contributed by atoms with Gasteiger partial charge in [0.25, 0.3) is 0 Å². The van der Waals surface area contributed by atoms with Crippen LogP contribution in [-0.4, -0.2) is 62.7 Å². The highest BCUT2D eigenvalue weighted by Crippen LogP contribution is 2.19. The fourth-order valence-electron chi connectivity index (χ4n) is 2.92. The van der Waals surface area contributed by atoms with Gasteiger partial charge in [0.15, 0.2) is 0 Å². The maximum atomic E-state index is 12.6. The van der Waals surface area contributed by atoms with Gasteiger partial charge in [0.05, 0.1) is 18.0 Å². The van der Waals surface area contributed by atoms with Crippen molar-refractivity contribution in [2.75, 3.05) is 43.9 Å². The average Bonchev–Trinajstić information content (AvgIpc) is 2.69. The lowest BCUT2D eigenvalue weighted by Gasteiger charge is -2.19. The molecule has 8 nitrogen and oxygen atoms in total. The molecule has 0 aliphatic carbocycles. The van der Waals surface area contributed by atoms with Gasteiger partial charge in [-0.05, 0) is 37.4 Å².